The van der Waals surface area contributed by atoms with Crippen molar-refractivity contribution in [2.24, 2.45) is 0 Å². The molecule has 244 valence electrons. The van der Waals surface area contributed by atoms with Gasteiger partial charge in [-0.2, -0.15) is 0 Å². The van der Waals surface area contributed by atoms with E-state index in [2.05, 4.69) is 193 Å². The van der Waals surface area contributed by atoms with E-state index in [1.807, 2.05) is 12.1 Å². The molecular weight excluding hydrogens is 631 g/mol. The van der Waals surface area contributed by atoms with Gasteiger partial charge in [-0.05, 0) is 128 Å². The molecular formula is C50H33NO. The Morgan fingerprint density at radius 2 is 0.788 bits per heavy atom. The van der Waals surface area contributed by atoms with Crippen LogP contribution in [0.25, 0.3) is 76.9 Å². The van der Waals surface area contributed by atoms with Crippen molar-refractivity contribution in [3.63, 3.8) is 0 Å². The van der Waals surface area contributed by atoms with Gasteiger partial charge in [0.15, 0.2) is 0 Å². The van der Waals surface area contributed by atoms with E-state index in [1.165, 1.54) is 54.9 Å². The Kier molecular flexibility index (Phi) is 7.18. The summed E-state index contributed by atoms with van der Waals surface area (Å²) in [4.78, 5) is 2.33. The summed E-state index contributed by atoms with van der Waals surface area (Å²) in [5.74, 6) is 0. The second-order valence-corrected chi connectivity index (χ2v) is 13.4. The Morgan fingerprint density at radius 1 is 0.269 bits per heavy atom. The van der Waals surface area contributed by atoms with Crippen molar-refractivity contribution in [1.82, 2.24) is 0 Å². The lowest BCUT2D eigenvalue weighted by atomic mass is 9.96. The zero-order valence-corrected chi connectivity index (χ0v) is 28.4. The van der Waals surface area contributed by atoms with E-state index < -0.39 is 0 Å². The molecule has 1 heterocycles. The summed E-state index contributed by atoms with van der Waals surface area (Å²) in [7, 11) is 0. The topological polar surface area (TPSA) is 16.4 Å². The fourth-order valence-corrected chi connectivity index (χ4v) is 7.53. The zero-order chi connectivity index (χ0) is 34.4. The van der Waals surface area contributed by atoms with Crippen molar-refractivity contribution in [3.05, 3.63) is 200 Å². The molecule has 0 atom stereocenters. The fraction of sp³-hybridized carbons (Fsp3) is 0. The van der Waals surface area contributed by atoms with Crippen LogP contribution in [-0.2, 0) is 0 Å². The highest BCUT2D eigenvalue weighted by atomic mass is 16.3. The summed E-state index contributed by atoms with van der Waals surface area (Å²) in [5.41, 5.74) is 12.4. The van der Waals surface area contributed by atoms with Crippen LogP contribution in [0.4, 0.5) is 17.1 Å². The lowest BCUT2D eigenvalue weighted by molar-refractivity contribution is 0.669. The van der Waals surface area contributed by atoms with Gasteiger partial charge in [-0.25, -0.2) is 0 Å². The number of hydrogen-bond donors (Lipinski definition) is 0. The third-order valence-electron chi connectivity index (χ3n) is 10.2. The van der Waals surface area contributed by atoms with E-state index in [0.29, 0.717) is 0 Å². The highest BCUT2D eigenvalue weighted by Gasteiger charge is 2.15. The van der Waals surface area contributed by atoms with Crippen molar-refractivity contribution in [2.45, 2.75) is 0 Å². The molecule has 2 nitrogen and oxygen atoms in total. The molecule has 0 unspecified atom stereocenters. The van der Waals surface area contributed by atoms with Crippen molar-refractivity contribution < 1.29 is 4.42 Å². The lowest BCUT2D eigenvalue weighted by Crippen LogP contribution is -2.09. The molecule has 2 heteroatoms. The van der Waals surface area contributed by atoms with Crippen LogP contribution in [0.15, 0.2) is 205 Å². The Balaban J connectivity index is 0.980. The highest BCUT2D eigenvalue weighted by Crippen LogP contribution is 2.39. The number of para-hydroxylation sites is 2. The normalized spacial score (nSPS) is 11.5. The first-order chi connectivity index (χ1) is 25.7. The number of hydrogen-bond acceptors (Lipinski definition) is 2. The molecule has 0 aliphatic heterocycles. The van der Waals surface area contributed by atoms with E-state index in [0.717, 1.165) is 39.0 Å². The molecule has 0 saturated heterocycles. The lowest BCUT2D eigenvalue weighted by Gasteiger charge is -2.26. The first kappa shape index (κ1) is 30.0. The van der Waals surface area contributed by atoms with Gasteiger partial charge in [0.2, 0.25) is 0 Å². The standard InChI is InChI=1S/C50H33NO/c1-2-13-44(14-3-1)51(45-25-21-35(22-26-45)43-24-28-50-48(33-43)47-15-6-7-16-49(47)52-50)46-27-23-41-31-40(19-20-42(41)32-46)38-12-8-11-37(30-38)39-18-17-34-9-4-5-10-36(34)29-39/h1-33H. The van der Waals surface area contributed by atoms with E-state index in [1.54, 1.807) is 0 Å². The van der Waals surface area contributed by atoms with Crippen molar-refractivity contribution >= 4 is 60.5 Å². The molecule has 9 aromatic carbocycles. The van der Waals surface area contributed by atoms with Gasteiger partial charge in [-0.3, -0.25) is 0 Å². The number of nitrogens with zero attached hydrogens (tertiary/aromatic N) is 1. The minimum atomic E-state index is 0.912. The smallest absolute Gasteiger partial charge is 0.135 e. The van der Waals surface area contributed by atoms with Gasteiger partial charge in [0.1, 0.15) is 11.2 Å². The summed E-state index contributed by atoms with van der Waals surface area (Å²) >= 11 is 0. The van der Waals surface area contributed by atoms with Crippen LogP contribution >= 0.6 is 0 Å². The third kappa shape index (κ3) is 5.39. The largest absolute Gasteiger partial charge is 0.456 e. The predicted octanol–water partition coefficient (Wildman–Crippen LogP) is 14.4. The van der Waals surface area contributed by atoms with Crippen molar-refractivity contribution in [2.75, 3.05) is 4.90 Å². The van der Waals surface area contributed by atoms with Gasteiger partial charge in [-0.15, -0.1) is 0 Å². The molecule has 1 aromatic heterocycles. The molecule has 0 N–H and O–H groups in total. The molecule has 52 heavy (non-hydrogen) atoms. The number of rotatable bonds is 6. The fourth-order valence-electron chi connectivity index (χ4n) is 7.53. The van der Waals surface area contributed by atoms with Crippen LogP contribution in [0.1, 0.15) is 0 Å². The average Bonchev–Trinajstić information content (AvgIpc) is 3.59. The molecule has 0 aliphatic rings. The average molecular weight is 664 g/mol. The summed E-state index contributed by atoms with van der Waals surface area (Å²) in [6.07, 6.45) is 0. The van der Waals surface area contributed by atoms with Gasteiger partial charge in [0.25, 0.3) is 0 Å². The number of fused-ring (bicyclic) bond motifs is 5. The van der Waals surface area contributed by atoms with Gasteiger partial charge >= 0.3 is 0 Å². The second kappa shape index (κ2) is 12.5. The molecule has 0 radical (unpaired) electrons. The first-order valence-corrected chi connectivity index (χ1v) is 17.7. The van der Waals surface area contributed by atoms with Crippen LogP contribution in [0.5, 0.6) is 0 Å². The monoisotopic (exact) mass is 663 g/mol. The minimum Gasteiger partial charge on any atom is -0.456 e. The maximum Gasteiger partial charge on any atom is 0.135 e. The molecule has 0 amide bonds. The summed E-state index contributed by atoms with van der Waals surface area (Å²) in [5, 5.41) is 7.21. The maximum absolute atomic E-state index is 6.08. The Hall–Kier alpha value is -6.90. The Morgan fingerprint density at radius 3 is 1.60 bits per heavy atom. The highest BCUT2D eigenvalue weighted by molar-refractivity contribution is 6.06. The van der Waals surface area contributed by atoms with Crippen LogP contribution in [0.2, 0.25) is 0 Å². The van der Waals surface area contributed by atoms with Gasteiger partial charge in [0, 0.05) is 27.8 Å². The molecule has 0 saturated carbocycles. The van der Waals surface area contributed by atoms with E-state index in [9.17, 15) is 0 Å². The molecule has 0 aliphatic carbocycles. The number of anilines is 3. The van der Waals surface area contributed by atoms with Crippen LogP contribution in [-0.4, -0.2) is 0 Å². The van der Waals surface area contributed by atoms with Crippen molar-refractivity contribution in [1.29, 1.82) is 0 Å². The zero-order valence-electron chi connectivity index (χ0n) is 28.4. The summed E-state index contributed by atoms with van der Waals surface area (Å²) in [6, 6.07) is 71.8. The maximum atomic E-state index is 6.08. The molecule has 10 rings (SSSR count). The molecule has 10 aromatic rings. The van der Waals surface area contributed by atoms with Crippen LogP contribution in [0, 0.1) is 0 Å². The van der Waals surface area contributed by atoms with Gasteiger partial charge in [0.05, 0.1) is 0 Å². The number of benzene rings is 9. The molecule has 0 spiro atoms. The Labute approximate surface area is 302 Å². The molecule has 0 bridgehead atoms. The summed E-state index contributed by atoms with van der Waals surface area (Å²) < 4.78 is 6.08. The van der Waals surface area contributed by atoms with Gasteiger partial charge < -0.3 is 9.32 Å². The minimum absolute atomic E-state index is 0.912. The quantitative estimate of drug-likeness (QED) is 0.176. The van der Waals surface area contributed by atoms with Crippen LogP contribution < -0.4 is 4.90 Å². The first-order valence-electron chi connectivity index (χ1n) is 17.7. The van der Waals surface area contributed by atoms with Crippen molar-refractivity contribution in [3.8, 4) is 33.4 Å². The predicted molar refractivity (Wildman–Crippen MR) is 220 cm³/mol. The van der Waals surface area contributed by atoms with Gasteiger partial charge in [-0.1, -0.05) is 127 Å². The van der Waals surface area contributed by atoms with E-state index >= 15 is 0 Å². The van der Waals surface area contributed by atoms with E-state index in [-0.39, 0.29) is 0 Å². The third-order valence-corrected chi connectivity index (χ3v) is 10.2. The SMILES string of the molecule is c1ccc(N(c2ccc(-c3ccc4oc5ccccc5c4c3)cc2)c2ccc3cc(-c4cccc(-c5ccc6ccccc6c5)c4)ccc3c2)cc1. The van der Waals surface area contributed by atoms with E-state index in [4.69, 9.17) is 4.42 Å². The number of furan rings is 1. The molecule has 0 fully saturated rings. The second-order valence-electron chi connectivity index (χ2n) is 13.4. The Bertz CT molecular complexity index is 2900. The summed E-state index contributed by atoms with van der Waals surface area (Å²) in [6.45, 7) is 0. The van der Waals surface area contributed by atoms with Crippen LogP contribution in [0.3, 0.4) is 0 Å².